The van der Waals surface area contributed by atoms with Crippen molar-refractivity contribution in [3.05, 3.63) is 35.1 Å². The van der Waals surface area contributed by atoms with E-state index in [4.69, 9.17) is 12.3 Å². The minimum absolute atomic E-state index is 0.284. The Hall–Kier alpha value is -1.37. The van der Waals surface area contributed by atoms with Crippen molar-refractivity contribution in [3.8, 4) is 12.3 Å². The minimum atomic E-state index is -0.320. The summed E-state index contributed by atoms with van der Waals surface area (Å²) < 4.78 is 13.4. The molecule has 14 heavy (non-hydrogen) atoms. The molecule has 1 atom stereocenters. The van der Waals surface area contributed by atoms with Crippen molar-refractivity contribution in [2.45, 2.75) is 19.4 Å². The fraction of sp³-hybridized carbons (Fsp3) is 0.273. The van der Waals surface area contributed by atoms with Gasteiger partial charge in [-0.1, -0.05) is 17.7 Å². The maximum atomic E-state index is 13.4. The van der Waals surface area contributed by atoms with Crippen LogP contribution in [-0.4, -0.2) is 0 Å². The SMILES string of the molecule is C#CCC(NN)c1cc(C)ccc1F. The zero-order valence-corrected chi connectivity index (χ0v) is 8.05. The molecule has 0 radical (unpaired) electrons. The Balaban J connectivity index is 3.03. The maximum Gasteiger partial charge on any atom is 0.128 e. The molecule has 0 saturated carbocycles. The number of halogens is 1. The second-order valence-electron chi connectivity index (χ2n) is 3.15. The molecule has 0 aromatic heterocycles. The zero-order chi connectivity index (χ0) is 10.6. The first kappa shape index (κ1) is 10.7. The van der Waals surface area contributed by atoms with Crippen molar-refractivity contribution in [3.63, 3.8) is 0 Å². The highest BCUT2D eigenvalue weighted by Gasteiger charge is 2.12. The monoisotopic (exact) mass is 192 g/mol. The first-order valence-corrected chi connectivity index (χ1v) is 4.34. The van der Waals surface area contributed by atoms with Crippen molar-refractivity contribution >= 4 is 0 Å². The lowest BCUT2D eigenvalue weighted by Gasteiger charge is -2.14. The van der Waals surface area contributed by atoms with E-state index in [2.05, 4.69) is 11.3 Å². The van der Waals surface area contributed by atoms with E-state index in [1.165, 1.54) is 6.07 Å². The highest BCUT2D eigenvalue weighted by Crippen LogP contribution is 2.20. The van der Waals surface area contributed by atoms with E-state index < -0.39 is 0 Å². The van der Waals surface area contributed by atoms with Gasteiger partial charge in [-0.25, -0.2) is 4.39 Å². The van der Waals surface area contributed by atoms with E-state index in [1.54, 1.807) is 12.1 Å². The molecule has 2 nitrogen and oxygen atoms in total. The van der Waals surface area contributed by atoms with E-state index in [0.29, 0.717) is 12.0 Å². The fourth-order valence-corrected chi connectivity index (χ4v) is 1.31. The summed E-state index contributed by atoms with van der Waals surface area (Å²) in [5.74, 6) is 7.47. The molecular weight excluding hydrogens is 179 g/mol. The van der Waals surface area contributed by atoms with Crippen LogP contribution in [0.4, 0.5) is 4.39 Å². The van der Waals surface area contributed by atoms with Gasteiger partial charge in [-0.3, -0.25) is 11.3 Å². The van der Waals surface area contributed by atoms with Gasteiger partial charge in [0.2, 0.25) is 0 Å². The van der Waals surface area contributed by atoms with Crippen LogP contribution in [0.1, 0.15) is 23.6 Å². The average Bonchev–Trinajstić information content (AvgIpc) is 2.18. The van der Waals surface area contributed by atoms with E-state index in [0.717, 1.165) is 5.56 Å². The largest absolute Gasteiger partial charge is 0.271 e. The Labute approximate surface area is 83.3 Å². The van der Waals surface area contributed by atoms with Crippen LogP contribution in [-0.2, 0) is 0 Å². The zero-order valence-electron chi connectivity index (χ0n) is 8.05. The molecule has 0 fully saturated rings. The van der Waals surface area contributed by atoms with Gasteiger partial charge in [0, 0.05) is 12.0 Å². The van der Waals surface area contributed by atoms with Gasteiger partial charge in [0.1, 0.15) is 5.82 Å². The number of terminal acetylenes is 1. The molecule has 74 valence electrons. The summed E-state index contributed by atoms with van der Waals surface area (Å²) in [5.41, 5.74) is 4.01. The normalized spacial score (nSPS) is 12.1. The summed E-state index contributed by atoms with van der Waals surface area (Å²) >= 11 is 0. The number of hydrogen-bond donors (Lipinski definition) is 2. The summed E-state index contributed by atoms with van der Waals surface area (Å²) in [6.07, 6.45) is 5.53. The van der Waals surface area contributed by atoms with Gasteiger partial charge in [0.15, 0.2) is 0 Å². The van der Waals surface area contributed by atoms with Crippen molar-refractivity contribution in [1.82, 2.24) is 5.43 Å². The summed E-state index contributed by atoms with van der Waals surface area (Å²) in [7, 11) is 0. The maximum absolute atomic E-state index is 13.4. The summed E-state index contributed by atoms with van der Waals surface area (Å²) in [6, 6.07) is 4.56. The molecule has 1 aromatic carbocycles. The molecule has 3 heteroatoms. The molecule has 0 bridgehead atoms. The lowest BCUT2D eigenvalue weighted by atomic mass is 10.0. The van der Waals surface area contributed by atoms with Gasteiger partial charge < -0.3 is 0 Å². The van der Waals surface area contributed by atoms with Gasteiger partial charge in [-0.05, 0) is 13.0 Å². The van der Waals surface area contributed by atoms with Gasteiger partial charge in [0.05, 0.1) is 6.04 Å². The van der Waals surface area contributed by atoms with Crippen molar-refractivity contribution < 1.29 is 4.39 Å². The molecular formula is C11H13FN2. The van der Waals surface area contributed by atoms with Crippen LogP contribution in [0.3, 0.4) is 0 Å². The van der Waals surface area contributed by atoms with Crippen LogP contribution >= 0.6 is 0 Å². The molecule has 0 amide bonds. The predicted octanol–water partition coefficient (Wildman–Crippen LogP) is 1.66. The van der Waals surface area contributed by atoms with Gasteiger partial charge in [-0.2, -0.15) is 0 Å². The molecule has 0 heterocycles. The lowest BCUT2D eigenvalue weighted by molar-refractivity contribution is 0.520. The van der Waals surface area contributed by atoms with Crippen molar-refractivity contribution in [1.29, 1.82) is 0 Å². The van der Waals surface area contributed by atoms with E-state index in [1.807, 2.05) is 6.92 Å². The Kier molecular flexibility index (Phi) is 3.63. The third kappa shape index (κ3) is 2.32. The quantitative estimate of drug-likeness (QED) is 0.434. The van der Waals surface area contributed by atoms with Gasteiger partial charge in [-0.15, -0.1) is 12.3 Å². The number of nitrogens with two attached hydrogens (primary N) is 1. The summed E-state index contributed by atoms with van der Waals surface area (Å²) in [4.78, 5) is 0. The molecule has 0 aliphatic carbocycles. The minimum Gasteiger partial charge on any atom is -0.271 e. The standard InChI is InChI=1S/C11H13FN2/c1-3-4-11(14-13)9-7-8(2)5-6-10(9)12/h1,5-7,11,14H,4,13H2,2H3. The molecule has 1 unspecified atom stereocenters. The van der Waals surface area contributed by atoms with E-state index >= 15 is 0 Å². The van der Waals surface area contributed by atoms with E-state index in [9.17, 15) is 4.39 Å². The number of benzene rings is 1. The highest BCUT2D eigenvalue weighted by atomic mass is 19.1. The Morgan fingerprint density at radius 1 is 1.64 bits per heavy atom. The fourth-order valence-electron chi connectivity index (χ4n) is 1.31. The Morgan fingerprint density at radius 2 is 2.36 bits per heavy atom. The van der Waals surface area contributed by atoms with Crippen LogP contribution < -0.4 is 11.3 Å². The third-order valence-corrected chi connectivity index (χ3v) is 2.05. The Morgan fingerprint density at radius 3 is 2.93 bits per heavy atom. The average molecular weight is 192 g/mol. The van der Waals surface area contributed by atoms with Crippen molar-refractivity contribution in [2.24, 2.45) is 5.84 Å². The highest BCUT2D eigenvalue weighted by molar-refractivity contribution is 5.27. The second-order valence-corrected chi connectivity index (χ2v) is 3.15. The summed E-state index contributed by atoms with van der Waals surface area (Å²) in [6.45, 7) is 1.90. The molecule has 0 aliphatic heterocycles. The Bertz CT molecular complexity index is 355. The molecule has 1 rings (SSSR count). The van der Waals surface area contributed by atoms with Crippen molar-refractivity contribution in [2.75, 3.05) is 0 Å². The first-order valence-electron chi connectivity index (χ1n) is 4.34. The van der Waals surface area contributed by atoms with Crippen LogP contribution in [0.25, 0.3) is 0 Å². The number of hydrazine groups is 1. The number of aryl methyl sites for hydroxylation is 1. The first-order chi connectivity index (χ1) is 6.69. The lowest BCUT2D eigenvalue weighted by Crippen LogP contribution is -2.28. The van der Waals surface area contributed by atoms with Crippen LogP contribution in [0.2, 0.25) is 0 Å². The molecule has 3 N–H and O–H groups in total. The number of hydrogen-bond acceptors (Lipinski definition) is 2. The third-order valence-electron chi connectivity index (χ3n) is 2.05. The van der Waals surface area contributed by atoms with Gasteiger partial charge >= 0.3 is 0 Å². The van der Waals surface area contributed by atoms with Gasteiger partial charge in [0.25, 0.3) is 0 Å². The number of rotatable bonds is 3. The van der Waals surface area contributed by atoms with Crippen LogP contribution in [0.15, 0.2) is 18.2 Å². The smallest absolute Gasteiger partial charge is 0.128 e. The molecule has 0 saturated heterocycles. The molecule has 1 aromatic rings. The van der Waals surface area contributed by atoms with E-state index in [-0.39, 0.29) is 11.9 Å². The van der Waals surface area contributed by atoms with Crippen LogP contribution in [0.5, 0.6) is 0 Å². The molecule has 0 aliphatic rings. The summed E-state index contributed by atoms with van der Waals surface area (Å²) in [5, 5.41) is 0. The molecule has 0 spiro atoms. The predicted molar refractivity (Wildman–Crippen MR) is 54.7 cm³/mol. The topological polar surface area (TPSA) is 38.0 Å². The van der Waals surface area contributed by atoms with Crippen LogP contribution in [0, 0.1) is 25.1 Å². The second kappa shape index (κ2) is 4.75. The number of nitrogens with one attached hydrogen (secondary N) is 1.